The quantitative estimate of drug-likeness (QED) is 0.605. The lowest BCUT2D eigenvalue weighted by Crippen LogP contribution is -2.17. The van der Waals surface area contributed by atoms with Gasteiger partial charge in [-0.05, 0) is 38.1 Å². The fourth-order valence-corrected chi connectivity index (χ4v) is 2.25. The molecule has 0 saturated carbocycles. The minimum absolute atomic E-state index is 0.0138. The minimum atomic E-state index is -0.405. The zero-order valence-electron chi connectivity index (χ0n) is 11.3. The minimum Gasteiger partial charge on any atom is -0.336 e. The van der Waals surface area contributed by atoms with Gasteiger partial charge in [-0.15, -0.1) is 0 Å². The van der Waals surface area contributed by atoms with Crippen LogP contribution in [0, 0.1) is 17.0 Å². The molecule has 0 aromatic heterocycles. The van der Waals surface area contributed by atoms with Crippen LogP contribution in [-0.4, -0.2) is 11.5 Å². The molecular weight excluding hydrogens is 276 g/mol. The van der Waals surface area contributed by atoms with Gasteiger partial charge >= 0.3 is 0 Å². The normalized spacial score (nSPS) is 10.3. The molecule has 0 N–H and O–H groups in total. The van der Waals surface area contributed by atoms with Crippen LogP contribution in [0.5, 0.6) is 0 Å². The van der Waals surface area contributed by atoms with Crippen molar-refractivity contribution in [3.8, 4) is 0 Å². The molecule has 2 aromatic carbocycles. The Hall–Kier alpha value is -2.07. The first kappa shape index (κ1) is 14.3. The molecule has 0 radical (unpaired) electrons. The predicted molar refractivity (Wildman–Crippen MR) is 82.0 cm³/mol. The maximum Gasteiger partial charge on any atom is 0.294 e. The second-order valence-corrected chi connectivity index (χ2v) is 4.91. The van der Waals surface area contributed by atoms with Crippen LogP contribution in [-0.2, 0) is 0 Å². The molecule has 0 fully saturated rings. The second kappa shape index (κ2) is 5.92. The fourth-order valence-electron chi connectivity index (χ4n) is 2.09. The van der Waals surface area contributed by atoms with Crippen molar-refractivity contribution in [1.29, 1.82) is 0 Å². The first-order valence-electron chi connectivity index (χ1n) is 6.31. The summed E-state index contributed by atoms with van der Waals surface area (Å²) < 4.78 is 0. The number of hydrogen-bond acceptors (Lipinski definition) is 3. The predicted octanol–water partition coefficient (Wildman–Crippen LogP) is 4.71. The number of anilines is 2. The topological polar surface area (TPSA) is 46.4 Å². The highest BCUT2D eigenvalue weighted by atomic mass is 35.5. The smallest absolute Gasteiger partial charge is 0.294 e. The Morgan fingerprint density at radius 1 is 1.20 bits per heavy atom. The molecule has 4 nitrogen and oxygen atoms in total. The number of halogens is 1. The first-order valence-corrected chi connectivity index (χ1v) is 6.69. The average Bonchev–Trinajstić information content (AvgIpc) is 2.43. The van der Waals surface area contributed by atoms with Crippen molar-refractivity contribution in [2.75, 3.05) is 11.4 Å². The Morgan fingerprint density at radius 3 is 2.40 bits per heavy atom. The second-order valence-electron chi connectivity index (χ2n) is 4.47. The van der Waals surface area contributed by atoms with Gasteiger partial charge in [0.05, 0.1) is 4.92 Å². The molecular formula is C15H15ClN2O2. The van der Waals surface area contributed by atoms with E-state index in [-0.39, 0.29) is 5.69 Å². The van der Waals surface area contributed by atoms with Gasteiger partial charge in [-0.2, -0.15) is 0 Å². The monoisotopic (exact) mass is 290 g/mol. The molecule has 104 valence electrons. The highest BCUT2D eigenvalue weighted by Crippen LogP contribution is 2.35. The third-order valence-corrected chi connectivity index (χ3v) is 3.32. The maximum atomic E-state index is 11.2. The Bertz CT molecular complexity index is 626. The molecule has 0 atom stereocenters. The number of hydrogen-bond donors (Lipinski definition) is 0. The summed E-state index contributed by atoms with van der Waals surface area (Å²) in [5.74, 6) is 0. The molecule has 0 bridgehead atoms. The third-order valence-electron chi connectivity index (χ3n) is 3.09. The van der Waals surface area contributed by atoms with Crippen molar-refractivity contribution >= 4 is 28.7 Å². The van der Waals surface area contributed by atoms with E-state index in [0.717, 1.165) is 11.3 Å². The molecule has 0 spiro atoms. The van der Waals surface area contributed by atoms with Gasteiger partial charge < -0.3 is 4.90 Å². The average molecular weight is 291 g/mol. The van der Waals surface area contributed by atoms with Gasteiger partial charge in [-0.25, -0.2) is 0 Å². The van der Waals surface area contributed by atoms with Crippen molar-refractivity contribution in [2.24, 2.45) is 0 Å². The van der Waals surface area contributed by atoms with E-state index in [9.17, 15) is 10.1 Å². The summed E-state index contributed by atoms with van der Waals surface area (Å²) in [6.45, 7) is 4.59. The molecule has 0 heterocycles. The molecule has 5 heteroatoms. The van der Waals surface area contributed by atoms with Crippen molar-refractivity contribution < 1.29 is 4.92 Å². The van der Waals surface area contributed by atoms with E-state index in [1.54, 1.807) is 12.1 Å². The lowest BCUT2D eigenvalue weighted by molar-refractivity contribution is -0.384. The van der Waals surface area contributed by atoms with Gasteiger partial charge in [0.25, 0.3) is 5.69 Å². The number of nitrogens with zero attached hydrogens (tertiary/aromatic N) is 2. The van der Waals surface area contributed by atoms with Crippen LogP contribution in [0.1, 0.15) is 12.5 Å². The Labute approximate surface area is 122 Å². The molecule has 0 unspecified atom stereocenters. The summed E-state index contributed by atoms with van der Waals surface area (Å²) in [5, 5.41) is 11.6. The fraction of sp³-hybridized carbons (Fsp3) is 0.200. The first-order chi connectivity index (χ1) is 9.52. The van der Waals surface area contributed by atoms with E-state index in [0.29, 0.717) is 17.3 Å². The number of nitro groups is 1. The highest BCUT2D eigenvalue weighted by molar-refractivity contribution is 6.30. The lowest BCUT2D eigenvalue weighted by atomic mass is 10.2. The summed E-state index contributed by atoms with van der Waals surface area (Å²) in [6, 6.07) is 12.6. The van der Waals surface area contributed by atoms with Crippen LogP contribution in [0.2, 0.25) is 5.02 Å². The van der Waals surface area contributed by atoms with E-state index in [2.05, 4.69) is 0 Å². The summed E-state index contributed by atoms with van der Waals surface area (Å²) in [5.41, 5.74) is 2.63. The zero-order valence-corrected chi connectivity index (χ0v) is 12.1. The van der Waals surface area contributed by atoms with Gasteiger partial charge in [0.1, 0.15) is 5.69 Å². The van der Waals surface area contributed by atoms with Gasteiger partial charge in [0, 0.05) is 23.3 Å². The summed E-state index contributed by atoms with van der Waals surface area (Å²) >= 11 is 5.85. The van der Waals surface area contributed by atoms with Gasteiger partial charge in [0.2, 0.25) is 0 Å². The van der Waals surface area contributed by atoms with Gasteiger partial charge in [0.15, 0.2) is 0 Å². The number of nitro benzene ring substituents is 1. The molecule has 2 aromatic rings. The van der Waals surface area contributed by atoms with Crippen LogP contribution >= 0.6 is 11.6 Å². The van der Waals surface area contributed by atoms with Crippen LogP contribution in [0.25, 0.3) is 0 Å². The summed E-state index contributed by atoms with van der Waals surface area (Å²) in [4.78, 5) is 12.7. The Balaban J connectivity index is 2.51. The molecule has 0 saturated heterocycles. The summed E-state index contributed by atoms with van der Waals surface area (Å²) in [6.07, 6.45) is 0. The third kappa shape index (κ3) is 2.91. The summed E-state index contributed by atoms with van der Waals surface area (Å²) in [7, 11) is 0. The van der Waals surface area contributed by atoms with Crippen molar-refractivity contribution in [1.82, 2.24) is 0 Å². The molecule has 0 aliphatic carbocycles. The molecule has 20 heavy (non-hydrogen) atoms. The van der Waals surface area contributed by atoms with Crippen LogP contribution in [0.3, 0.4) is 0 Å². The molecule has 0 aliphatic heterocycles. The number of aryl methyl sites for hydroxylation is 1. The standard InChI is InChI=1S/C15H15ClN2O2/c1-3-17(13-7-4-11(2)5-8-13)14-9-6-12(16)10-15(14)18(19)20/h4-10H,3H2,1-2H3. The molecule has 0 amide bonds. The molecule has 0 aliphatic rings. The SMILES string of the molecule is CCN(c1ccc(C)cc1)c1ccc(Cl)cc1[N+](=O)[O-]. The van der Waals surface area contributed by atoms with E-state index in [1.165, 1.54) is 6.07 Å². The van der Waals surface area contributed by atoms with Gasteiger partial charge in [-0.1, -0.05) is 29.3 Å². The zero-order chi connectivity index (χ0) is 14.7. The van der Waals surface area contributed by atoms with Crippen LogP contribution in [0.15, 0.2) is 42.5 Å². The van der Waals surface area contributed by atoms with Crippen LogP contribution < -0.4 is 4.90 Å². The van der Waals surface area contributed by atoms with E-state index in [4.69, 9.17) is 11.6 Å². The Morgan fingerprint density at radius 2 is 1.85 bits per heavy atom. The van der Waals surface area contributed by atoms with Crippen molar-refractivity contribution in [3.63, 3.8) is 0 Å². The number of rotatable bonds is 4. The van der Waals surface area contributed by atoms with E-state index >= 15 is 0 Å². The highest BCUT2D eigenvalue weighted by Gasteiger charge is 2.20. The van der Waals surface area contributed by atoms with Crippen LogP contribution in [0.4, 0.5) is 17.1 Å². The van der Waals surface area contributed by atoms with Crippen molar-refractivity contribution in [3.05, 3.63) is 63.2 Å². The largest absolute Gasteiger partial charge is 0.336 e. The van der Waals surface area contributed by atoms with Crippen molar-refractivity contribution in [2.45, 2.75) is 13.8 Å². The lowest BCUT2D eigenvalue weighted by Gasteiger charge is -2.23. The van der Waals surface area contributed by atoms with E-state index in [1.807, 2.05) is 43.0 Å². The number of benzene rings is 2. The van der Waals surface area contributed by atoms with Gasteiger partial charge in [-0.3, -0.25) is 10.1 Å². The molecule has 2 rings (SSSR count). The Kier molecular flexibility index (Phi) is 4.25. The van der Waals surface area contributed by atoms with E-state index < -0.39 is 4.92 Å². The maximum absolute atomic E-state index is 11.2.